The molecule has 4 rings (SSSR count). The second-order valence-electron chi connectivity index (χ2n) is 21.3. The third-order valence-corrected chi connectivity index (χ3v) is 16.2. The van der Waals surface area contributed by atoms with E-state index in [0.717, 1.165) is 17.5 Å². The average Bonchev–Trinajstić information content (AvgIpc) is 3.97. The lowest BCUT2D eigenvalue weighted by molar-refractivity contribution is -0.197. The van der Waals surface area contributed by atoms with Gasteiger partial charge in [0.1, 0.15) is 5.78 Å². The first-order valence-electron chi connectivity index (χ1n) is 26.5. The van der Waals surface area contributed by atoms with Crippen LogP contribution in [0.15, 0.2) is 59.5 Å². The van der Waals surface area contributed by atoms with Crippen molar-refractivity contribution >= 4 is 51.3 Å². The van der Waals surface area contributed by atoms with Gasteiger partial charge in [-0.15, -0.1) is 5.06 Å². The van der Waals surface area contributed by atoms with Crippen molar-refractivity contribution in [3.8, 4) is 0 Å². The molecule has 1 N–H and O–H groups in total. The highest BCUT2D eigenvalue weighted by Gasteiger charge is 2.43. The van der Waals surface area contributed by atoms with E-state index in [-0.39, 0.29) is 96.5 Å². The zero-order chi connectivity index (χ0) is 55.0. The predicted molar refractivity (Wildman–Crippen MR) is 280 cm³/mol. The summed E-state index contributed by atoms with van der Waals surface area (Å²) in [6, 6.07) is 14.6. The minimum absolute atomic E-state index is 0.00235. The molecule has 2 aromatic rings. The van der Waals surface area contributed by atoms with E-state index in [2.05, 4.69) is 0 Å². The number of hydroxylamine groups is 2. The number of hydrogen-bond acceptors (Lipinski definition) is 13. The molecule has 2 aliphatic rings. The lowest BCUT2D eigenvalue weighted by Gasteiger charge is -2.41. The zero-order valence-corrected chi connectivity index (χ0v) is 46.5. The van der Waals surface area contributed by atoms with E-state index in [4.69, 9.17) is 14.3 Å². The zero-order valence-electron chi connectivity index (χ0n) is 45.7. The smallest absolute Gasteiger partial charge is 0.333 e. The number of carbonyl (C=O) groups is 7. The Morgan fingerprint density at radius 3 is 2.00 bits per heavy atom. The number of nitrogens with zero attached hydrogens (tertiary/aromatic N) is 4. The SMILES string of the molecule is CC[C@H](C)[C@@H]([C@@H](CC(=O)N1CCC[C@H]1[C@H](OC)[C@@H](C)C(=O)C[C@H](CCc1ccc(S(=O)(=O)O)cc1)Cc1ccccc1)OC)N(C)C(=O)[C@@H](CC(=O)[C@H](C(C)C)N(C)CCCC(=O)ON1C(=O)CCC1=O)C(C)C. The van der Waals surface area contributed by atoms with Crippen LogP contribution in [0.25, 0.3) is 0 Å². The lowest BCUT2D eigenvalue weighted by atomic mass is 9.83. The number of methoxy groups -OCH3 is 2. The molecule has 18 heteroatoms. The van der Waals surface area contributed by atoms with Crippen molar-refractivity contribution in [3.63, 3.8) is 0 Å². The molecule has 2 aliphatic heterocycles. The quantitative estimate of drug-likeness (QED) is 0.0585. The van der Waals surface area contributed by atoms with Crippen molar-refractivity contribution in [2.45, 2.75) is 167 Å². The van der Waals surface area contributed by atoms with E-state index in [9.17, 15) is 46.5 Å². The van der Waals surface area contributed by atoms with Gasteiger partial charge in [-0.2, -0.15) is 8.42 Å². The Kier molecular flexibility index (Phi) is 24.0. The minimum atomic E-state index is -4.32. The maximum absolute atomic E-state index is 14.7. The molecule has 0 aliphatic carbocycles. The monoisotopic (exact) mass is 1050 g/mol. The number of likely N-dealkylation sites (N-methyl/N-ethyl adjacent to an activating group) is 2. The summed E-state index contributed by atoms with van der Waals surface area (Å²) in [5.41, 5.74) is 1.97. The first-order valence-corrected chi connectivity index (χ1v) is 27.9. The average molecular weight is 1050 g/mol. The number of Topliss-reactive ketones (excluding diaryl/α,β-unsaturated/α-hetero) is 2. The van der Waals surface area contributed by atoms with Crippen LogP contribution in [0.1, 0.15) is 130 Å². The molecule has 2 saturated heterocycles. The molecule has 2 fully saturated rings. The van der Waals surface area contributed by atoms with E-state index in [0.29, 0.717) is 56.7 Å². The third kappa shape index (κ3) is 17.1. The van der Waals surface area contributed by atoms with Gasteiger partial charge in [-0.05, 0) is 99.0 Å². The van der Waals surface area contributed by atoms with Gasteiger partial charge in [0.05, 0.1) is 41.6 Å². The van der Waals surface area contributed by atoms with Gasteiger partial charge in [-0.25, -0.2) is 4.79 Å². The molecular formula is C56H84N4O13S. The van der Waals surface area contributed by atoms with E-state index >= 15 is 0 Å². The summed E-state index contributed by atoms with van der Waals surface area (Å²) in [6.45, 7) is 14.4. The van der Waals surface area contributed by atoms with Gasteiger partial charge in [0.25, 0.3) is 21.9 Å². The molecule has 0 unspecified atom stereocenters. The number of hydrogen-bond donors (Lipinski definition) is 1. The molecule has 17 nitrogen and oxygen atoms in total. The van der Waals surface area contributed by atoms with Crippen molar-refractivity contribution in [3.05, 3.63) is 65.7 Å². The molecule has 412 valence electrons. The Morgan fingerprint density at radius 1 is 0.811 bits per heavy atom. The maximum Gasteiger partial charge on any atom is 0.333 e. The Morgan fingerprint density at radius 2 is 1.45 bits per heavy atom. The summed E-state index contributed by atoms with van der Waals surface area (Å²) in [5, 5.41) is 0.525. The molecule has 0 spiro atoms. The number of aryl methyl sites for hydroxylation is 1. The van der Waals surface area contributed by atoms with Gasteiger partial charge in [0.2, 0.25) is 11.8 Å². The van der Waals surface area contributed by atoms with E-state index in [1.54, 1.807) is 45.3 Å². The van der Waals surface area contributed by atoms with Crippen LogP contribution in [-0.4, -0.2) is 146 Å². The molecule has 2 heterocycles. The topological polar surface area (TPSA) is 215 Å². The van der Waals surface area contributed by atoms with Crippen LogP contribution in [0.3, 0.4) is 0 Å². The normalized spacial score (nSPS) is 18.6. The van der Waals surface area contributed by atoms with Gasteiger partial charge < -0.3 is 24.1 Å². The second kappa shape index (κ2) is 28.9. The Hall–Kier alpha value is -4.88. The highest BCUT2D eigenvalue weighted by Crippen LogP contribution is 2.33. The first-order chi connectivity index (χ1) is 34.9. The summed E-state index contributed by atoms with van der Waals surface area (Å²) in [5.74, 6) is -3.99. The second-order valence-corrected chi connectivity index (χ2v) is 22.7. The predicted octanol–water partition coefficient (Wildman–Crippen LogP) is 7.18. The van der Waals surface area contributed by atoms with Crippen molar-refractivity contribution in [2.24, 2.45) is 35.5 Å². The van der Waals surface area contributed by atoms with E-state index < -0.39 is 64.0 Å². The molecule has 2 aromatic carbocycles. The van der Waals surface area contributed by atoms with Gasteiger partial charge in [0, 0.05) is 71.8 Å². The number of benzene rings is 2. The maximum atomic E-state index is 14.7. The van der Waals surface area contributed by atoms with Crippen molar-refractivity contribution in [1.29, 1.82) is 0 Å². The molecule has 74 heavy (non-hydrogen) atoms. The van der Waals surface area contributed by atoms with Crippen molar-refractivity contribution < 1.29 is 60.8 Å². The van der Waals surface area contributed by atoms with Crippen molar-refractivity contribution in [2.75, 3.05) is 41.4 Å². The molecule has 4 amide bonds. The number of carbonyl (C=O) groups excluding carboxylic acids is 7. The molecule has 0 saturated carbocycles. The first kappa shape index (κ1) is 61.7. The molecule has 0 radical (unpaired) electrons. The number of amides is 4. The highest BCUT2D eigenvalue weighted by molar-refractivity contribution is 7.85. The summed E-state index contributed by atoms with van der Waals surface area (Å²) in [6.07, 6.45) is 3.16. The number of imide groups is 1. The molecular weight excluding hydrogens is 969 g/mol. The lowest BCUT2D eigenvalue weighted by Crippen LogP contribution is -2.54. The Labute approximate surface area is 440 Å². The molecule has 0 bridgehead atoms. The molecule has 0 aromatic heterocycles. The van der Waals surface area contributed by atoms with Gasteiger partial charge in [-0.1, -0.05) is 97.4 Å². The summed E-state index contributed by atoms with van der Waals surface area (Å²) >= 11 is 0. The van der Waals surface area contributed by atoms with Crippen LogP contribution >= 0.6 is 0 Å². The van der Waals surface area contributed by atoms with Gasteiger partial charge in [0.15, 0.2) is 5.78 Å². The number of rotatable bonds is 31. The van der Waals surface area contributed by atoms with Crippen LogP contribution in [0.4, 0.5) is 0 Å². The summed E-state index contributed by atoms with van der Waals surface area (Å²) in [4.78, 5) is 104. The fourth-order valence-electron chi connectivity index (χ4n) is 11.0. The van der Waals surface area contributed by atoms with E-state index in [1.807, 2.05) is 88.6 Å². The van der Waals surface area contributed by atoms with Crippen LogP contribution in [0.5, 0.6) is 0 Å². The van der Waals surface area contributed by atoms with Crippen LogP contribution in [0.2, 0.25) is 0 Å². The van der Waals surface area contributed by atoms with Crippen LogP contribution in [-0.2, 0) is 70.8 Å². The Balaban J connectivity index is 1.44. The largest absolute Gasteiger partial charge is 0.379 e. The van der Waals surface area contributed by atoms with Crippen molar-refractivity contribution in [1.82, 2.24) is 19.8 Å². The standard InChI is InChI=1S/C56H84N4O13S/c1-12-38(6)54(58(9)56(67)44(36(2)3)34-47(62)53(37(4)5)57(8)30-17-21-52(66)73-60-49(63)28-29-50(60)64)48(71-10)35-51(65)59-31-16-20-45(59)55(72-11)39(7)46(61)33-42(32-41-18-14-13-15-19-41)23-22-40-24-26-43(27-25-40)74(68,69)70/h13-15,18-19,24-27,36-39,42,44-45,48,53-55H,12,16-17,20-23,28-35H2,1-11H3,(H,68,69,70)/t38-,39-,42+,44-,45-,48+,53-,54-,55+/m0/s1. The number of ether oxygens (including phenoxy) is 2. The summed E-state index contributed by atoms with van der Waals surface area (Å²) in [7, 11) is 2.32. The Bertz CT molecular complexity index is 2290. The fraction of sp³-hybridized carbons (Fsp3) is 0.661. The fourth-order valence-corrected chi connectivity index (χ4v) is 11.5. The van der Waals surface area contributed by atoms with Crippen LogP contribution in [0, 0.1) is 35.5 Å². The van der Waals surface area contributed by atoms with Gasteiger partial charge in [-0.3, -0.25) is 38.2 Å². The molecule has 9 atom stereocenters. The van der Waals surface area contributed by atoms with Gasteiger partial charge >= 0.3 is 5.97 Å². The van der Waals surface area contributed by atoms with Crippen LogP contribution < -0.4 is 0 Å². The minimum Gasteiger partial charge on any atom is -0.379 e. The third-order valence-electron chi connectivity index (χ3n) is 15.3. The highest BCUT2D eigenvalue weighted by atomic mass is 32.2. The summed E-state index contributed by atoms with van der Waals surface area (Å²) < 4.78 is 44.9. The number of likely N-dealkylation sites (tertiary alicyclic amines) is 1. The number of ketones is 2. The van der Waals surface area contributed by atoms with E-state index in [1.165, 1.54) is 12.1 Å².